The number of nitrogens with two attached hydrogens (primary N) is 1. The van der Waals surface area contributed by atoms with Crippen molar-refractivity contribution in [1.82, 2.24) is 4.98 Å². The zero-order valence-electron chi connectivity index (χ0n) is 15.6. The lowest BCUT2D eigenvalue weighted by Gasteiger charge is -2.30. The van der Waals surface area contributed by atoms with Gasteiger partial charge in [-0.1, -0.05) is 40.0 Å². The van der Waals surface area contributed by atoms with Crippen LogP contribution in [-0.4, -0.2) is 39.4 Å². The van der Waals surface area contributed by atoms with E-state index in [0.717, 1.165) is 12.8 Å². The molecule has 0 spiro atoms. The Balaban J connectivity index is 2.75. The highest BCUT2D eigenvalue weighted by atomic mass is 16.5. The van der Waals surface area contributed by atoms with Gasteiger partial charge >= 0.3 is 5.97 Å². The molecule has 0 radical (unpaired) electrons. The fourth-order valence-electron chi connectivity index (χ4n) is 2.71. The molecule has 6 nitrogen and oxygen atoms in total. The van der Waals surface area contributed by atoms with E-state index in [0.29, 0.717) is 24.5 Å². The molecule has 0 unspecified atom stereocenters. The number of ether oxygens (including phenoxy) is 1. The predicted molar refractivity (Wildman–Crippen MR) is 97.6 cm³/mol. The number of carboxylic acids is 1. The molecule has 6 heteroatoms. The van der Waals surface area contributed by atoms with E-state index in [-0.39, 0.29) is 12.3 Å². The number of aliphatic carboxylic acids is 1. The Bertz CT molecular complexity index is 536. The monoisotopic (exact) mass is 352 g/mol. The van der Waals surface area contributed by atoms with Crippen LogP contribution >= 0.6 is 0 Å². The van der Waals surface area contributed by atoms with Gasteiger partial charge in [-0.3, -0.25) is 4.98 Å². The number of rotatable bonds is 12. The second-order valence-corrected chi connectivity index (χ2v) is 7.03. The van der Waals surface area contributed by atoms with E-state index in [1.165, 1.54) is 12.8 Å². The summed E-state index contributed by atoms with van der Waals surface area (Å²) in [4.78, 5) is 15.8. The average Bonchev–Trinajstić information content (AvgIpc) is 2.54. The molecule has 1 aromatic heterocycles. The number of hydrogen-bond donors (Lipinski definition) is 3. The molecule has 0 saturated heterocycles. The van der Waals surface area contributed by atoms with E-state index >= 15 is 0 Å². The minimum absolute atomic E-state index is 0.150. The largest absolute Gasteiger partial charge is 0.493 e. The standard InChI is InChI=1S/C19H32N2O4/c1-4-5-6-7-10-25-16-8-9-21-15(12-16)13-19(24,18(22)23)17(20)11-14(2)3/h8-9,12,14,17,24H,4-7,10-11,13,20H2,1-3H3,(H,22,23)/t17-,19+/m0/s1. The number of hydrogen-bond acceptors (Lipinski definition) is 5. The molecule has 1 aromatic rings. The van der Waals surface area contributed by atoms with Crippen LogP contribution in [0.1, 0.15) is 58.6 Å². The normalized spacial score (nSPS) is 15.0. The summed E-state index contributed by atoms with van der Waals surface area (Å²) >= 11 is 0. The topological polar surface area (TPSA) is 106 Å². The van der Waals surface area contributed by atoms with Crippen LogP contribution in [0.3, 0.4) is 0 Å². The lowest BCUT2D eigenvalue weighted by atomic mass is 9.84. The number of aliphatic hydroxyl groups is 1. The van der Waals surface area contributed by atoms with Crippen molar-refractivity contribution in [3.8, 4) is 5.75 Å². The minimum Gasteiger partial charge on any atom is -0.493 e. The molecule has 1 heterocycles. The first-order valence-corrected chi connectivity index (χ1v) is 9.08. The van der Waals surface area contributed by atoms with Crippen LogP contribution in [0.15, 0.2) is 18.3 Å². The SMILES string of the molecule is CCCCCCOc1ccnc(C[C@](O)(C(=O)O)[C@@H](N)CC(C)C)c1. The molecule has 4 N–H and O–H groups in total. The smallest absolute Gasteiger partial charge is 0.337 e. The van der Waals surface area contributed by atoms with Crippen LogP contribution < -0.4 is 10.5 Å². The summed E-state index contributed by atoms with van der Waals surface area (Å²) in [7, 11) is 0. The molecule has 2 atom stereocenters. The molecule has 1 rings (SSSR count). The zero-order valence-corrected chi connectivity index (χ0v) is 15.6. The second-order valence-electron chi connectivity index (χ2n) is 7.03. The highest BCUT2D eigenvalue weighted by Gasteiger charge is 2.43. The highest BCUT2D eigenvalue weighted by molar-refractivity contribution is 5.78. The Kier molecular flexibility index (Phi) is 8.86. The van der Waals surface area contributed by atoms with E-state index in [1.807, 2.05) is 13.8 Å². The van der Waals surface area contributed by atoms with Gasteiger partial charge in [-0.25, -0.2) is 4.79 Å². The fraction of sp³-hybridized carbons (Fsp3) is 0.684. The maximum Gasteiger partial charge on any atom is 0.337 e. The lowest BCUT2D eigenvalue weighted by molar-refractivity contribution is -0.161. The molecule has 0 amide bonds. The Hall–Kier alpha value is -1.66. The Labute approximate surface area is 150 Å². The first-order chi connectivity index (χ1) is 11.8. The van der Waals surface area contributed by atoms with Gasteiger partial charge in [0.25, 0.3) is 0 Å². The van der Waals surface area contributed by atoms with E-state index < -0.39 is 17.6 Å². The Morgan fingerprint density at radius 3 is 2.68 bits per heavy atom. The van der Waals surface area contributed by atoms with Gasteiger partial charge in [-0.15, -0.1) is 0 Å². The molecule has 0 bridgehead atoms. The van der Waals surface area contributed by atoms with Crippen LogP contribution in [-0.2, 0) is 11.2 Å². The van der Waals surface area contributed by atoms with Crippen molar-refractivity contribution in [2.24, 2.45) is 11.7 Å². The van der Waals surface area contributed by atoms with E-state index in [2.05, 4.69) is 11.9 Å². The maximum atomic E-state index is 11.6. The molecular weight excluding hydrogens is 320 g/mol. The molecule has 0 aliphatic carbocycles. The van der Waals surface area contributed by atoms with E-state index in [4.69, 9.17) is 10.5 Å². The van der Waals surface area contributed by atoms with Gasteiger partial charge in [0.05, 0.1) is 6.61 Å². The summed E-state index contributed by atoms with van der Waals surface area (Å²) in [6.45, 7) is 6.64. The van der Waals surface area contributed by atoms with Gasteiger partial charge in [0, 0.05) is 30.4 Å². The molecular formula is C19H32N2O4. The molecule has 0 fully saturated rings. The first kappa shape index (κ1) is 21.4. The van der Waals surface area contributed by atoms with Crippen molar-refractivity contribution >= 4 is 5.97 Å². The van der Waals surface area contributed by atoms with Crippen molar-refractivity contribution in [3.05, 3.63) is 24.0 Å². The first-order valence-electron chi connectivity index (χ1n) is 9.08. The Morgan fingerprint density at radius 2 is 2.08 bits per heavy atom. The van der Waals surface area contributed by atoms with Gasteiger partial charge in [-0.2, -0.15) is 0 Å². The number of carboxylic acid groups (broad SMARTS) is 1. The number of pyridine rings is 1. The lowest BCUT2D eigenvalue weighted by Crippen LogP contribution is -2.56. The summed E-state index contributed by atoms with van der Waals surface area (Å²) in [6, 6.07) is 2.54. The summed E-state index contributed by atoms with van der Waals surface area (Å²) in [5.41, 5.74) is 4.39. The summed E-state index contributed by atoms with van der Waals surface area (Å²) in [5, 5.41) is 20.1. The summed E-state index contributed by atoms with van der Waals surface area (Å²) in [5.74, 6) is -0.508. The van der Waals surface area contributed by atoms with Gasteiger partial charge in [0.1, 0.15) is 5.75 Å². The average molecular weight is 352 g/mol. The van der Waals surface area contributed by atoms with Crippen molar-refractivity contribution in [1.29, 1.82) is 0 Å². The second kappa shape index (κ2) is 10.4. The fourth-order valence-corrected chi connectivity index (χ4v) is 2.71. The third-order valence-electron chi connectivity index (χ3n) is 4.21. The predicted octanol–water partition coefficient (Wildman–Crippen LogP) is 2.77. The van der Waals surface area contributed by atoms with Crippen LogP contribution in [0.2, 0.25) is 0 Å². The highest BCUT2D eigenvalue weighted by Crippen LogP contribution is 2.23. The molecule has 0 aliphatic rings. The third-order valence-corrected chi connectivity index (χ3v) is 4.21. The van der Waals surface area contributed by atoms with Crippen molar-refractivity contribution in [2.75, 3.05) is 6.61 Å². The van der Waals surface area contributed by atoms with Gasteiger partial charge in [0.2, 0.25) is 0 Å². The van der Waals surface area contributed by atoms with Gasteiger partial charge < -0.3 is 20.7 Å². The molecule has 0 saturated carbocycles. The number of carbonyl (C=O) groups is 1. The number of aromatic nitrogens is 1. The van der Waals surface area contributed by atoms with Crippen LogP contribution in [0.25, 0.3) is 0 Å². The van der Waals surface area contributed by atoms with Crippen LogP contribution in [0.5, 0.6) is 5.75 Å². The summed E-state index contributed by atoms with van der Waals surface area (Å²) < 4.78 is 5.69. The zero-order chi connectivity index (χ0) is 18.9. The van der Waals surface area contributed by atoms with E-state index in [1.54, 1.807) is 18.3 Å². The summed E-state index contributed by atoms with van der Waals surface area (Å²) in [6.07, 6.45) is 6.28. The van der Waals surface area contributed by atoms with Gasteiger partial charge in [0.15, 0.2) is 5.60 Å². The molecule has 0 aliphatic heterocycles. The maximum absolute atomic E-state index is 11.6. The molecule has 142 valence electrons. The van der Waals surface area contributed by atoms with Crippen LogP contribution in [0, 0.1) is 5.92 Å². The number of nitrogens with zero attached hydrogens (tertiary/aromatic N) is 1. The number of unbranched alkanes of at least 4 members (excludes halogenated alkanes) is 3. The van der Waals surface area contributed by atoms with Crippen molar-refractivity contribution in [2.45, 2.75) is 70.9 Å². The van der Waals surface area contributed by atoms with Gasteiger partial charge in [-0.05, 0) is 24.8 Å². The minimum atomic E-state index is -2.04. The Morgan fingerprint density at radius 1 is 1.36 bits per heavy atom. The van der Waals surface area contributed by atoms with E-state index in [9.17, 15) is 15.0 Å². The molecule has 25 heavy (non-hydrogen) atoms. The van der Waals surface area contributed by atoms with Crippen LogP contribution in [0.4, 0.5) is 0 Å². The van der Waals surface area contributed by atoms with Crippen molar-refractivity contribution < 1.29 is 19.7 Å². The van der Waals surface area contributed by atoms with Crippen molar-refractivity contribution in [3.63, 3.8) is 0 Å². The molecule has 0 aromatic carbocycles. The quantitative estimate of drug-likeness (QED) is 0.500. The third kappa shape index (κ3) is 7.00.